The monoisotopic (exact) mass is 1010 g/mol. The number of hydrogen-bond acceptors (Lipinski definition) is 8. The van der Waals surface area contributed by atoms with Crippen molar-refractivity contribution >= 4 is 71.2 Å². The molecule has 0 bridgehead atoms. The molecule has 8 nitrogen and oxygen atoms in total. The number of carbonyl (C=O) groups excluding carboxylic acids is 2. The maximum Gasteiger partial charge on any atom is 0.324 e. The van der Waals surface area contributed by atoms with Crippen molar-refractivity contribution in [2.45, 2.75) is 137 Å². The first-order valence-corrected chi connectivity index (χ1v) is 43.9. The van der Waals surface area contributed by atoms with E-state index in [1.807, 2.05) is 109 Å². The smallest absolute Gasteiger partial charge is 0.324 e. The van der Waals surface area contributed by atoms with Gasteiger partial charge in [0.15, 0.2) is 53.9 Å². The van der Waals surface area contributed by atoms with Crippen molar-refractivity contribution in [2.24, 2.45) is 0 Å². The van der Waals surface area contributed by atoms with E-state index < -0.39 is 59.7 Å². The van der Waals surface area contributed by atoms with Crippen LogP contribution in [-0.4, -0.2) is 90.7 Å². The van der Waals surface area contributed by atoms with Crippen LogP contribution in [0.4, 0.5) is 0 Å². The van der Waals surface area contributed by atoms with Gasteiger partial charge < -0.3 is 26.2 Å². The third-order valence-corrected chi connectivity index (χ3v) is 33.9. The zero-order valence-electron chi connectivity index (χ0n) is 41.0. The van der Waals surface area contributed by atoms with Gasteiger partial charge >= 0.3 is 8.56 Å². The molecule has 15 heteroatoms. The van der Waals surface area contributed by atoms with E-state index in [9.17, 15) is 9.59 Å². The van der Waals surface area contributed by atoms with Crippen LogP contribution >= 0.6 is 0 Å². The van der Waals surface area contributed by atoms with Crippen LogP contribution < -0.4 is 9.47 Å². The van der Waals surface area contributed by atoms with Crippen molar-refractivity contribution in [3.63, 3.8) is 0 Å². The number of ether oxygens (including phenoxy) is 2. The summed E-state index contributed by atoms with van der Waals surface area (Å²) in [5.74, 6) is 1.65. The Labute approximate surface area is 404 Å². The van der Waals surface area contributed by atoms with Gasteiger partial charge in [-0.25, -0.2) is 0 Å². The Morgan fingerprint density at radius 1 is 0.508 bits per heavy atom. The maximum absolute atomic E-state index is 12.6. The van der Waals surface area contributed by atoms with Gasteiger partial charge in [-0.3, -0.25) is 9.59 Å². The van der Waals surface area contributed by atoms with Gasteiger partial charge in [0.1, 0.15) is 11.5 Å². The van der Waals surface area contributed by atoms with Crippen molar-refractivity contribution in [2.75, 3.05) is 19.4 Å². The Balaban J connectivity index is 0.000000638. The Bertz CT molecular complexity index is 1950. The summed E-state index contributed by atoms with van der Waals surface area (Å²) in [6.45, 7) is 33.2. The number of benzene rings is 4. The van der Waals surface area contributed by atoms with E-state index in [4.69, 9.17) is 26.2 Å². The molecule has 65 heavy (non-hydrogen) atoms. The number of rotatable bonds is 25. The fourth-order valence-corrected chi connectivity index (χ4v) is 38.9. The minimum atomic E-state index is -2.29. The van der Waals surface area contributed by atoms with Gasteiger partial charge in [-0.2, -0.15) is 0 Å². The summed E-state index contributed by atoms with van der Waals surface area (Å²) in [6.07, 6.45) is 2.57. The summed E-state index contributed by atoms with van der Waals surface area (Å²) < 4.78 is 38.0. The van der Waals surface area contributed by atoms with Crippen LogP contribution in [0.2, 0.25) is 109 Å². The van der Waals surface area contributed by atoms with Crippen LogP contribution in [0, 0.1) is 0 Å². The molecule has 0 aromatic heterocycles. The van der Waals surface area contributed by atoms with Crippen molar-refractivity contribution in [3.8, 4) is 11.5 Å². The maximum atomic E-state index is 12.6. The SMILES string of the molecule is C.C.C[SiH](C)C[Si](C)(CCCOc1ccc(C(=O)c2ccccc2)cc1)O[Si](C)(C)C.C[SiH](C)O[Si](C)(CCCOc1ccc(C(=O)c2ccccc2)cc1)OC[Si](C)(C)O[Si](C)(C)C. The first-order valence-electron chi connectivity index (χ1n) is 22.7. The van der Waals surface area contributed by atoms with E-state index in [-0.39, 0.29) is 26.4 Å². The Hall–Kier alpha value is -2.82. The second-order valence-corrected chi connectivity index (χ2v) is 48.0. The summed E-state index contributed by atoms with van der Waals surface area (Å²) in [6, 6.07) is 35.6. The lowest BCUT2D eigenvalue weighted by Gasteiger charge is -2.36. The van der Waals surface area contributed by atoms with E-state index in [2.05, 4.69) is 91.7 Å². The zero-order valence-corrected chi connectivity index (χ0v) is 48.3. The van der Waals surface area contributed by atoms with Crippen molar-refractivity contribution in [1.29, 1.82) is 0 Å². The molecule has 0 radical (unpaired) electrons. The molecular weight excluding hydrogens is 925 g/mol. The lowest BCUT2D eigenvalue weighted by molar-refractivity contribution is 0.103. The van der Waals surface area contributed by atoms with Gasteiger partial charge in [0.25, 0.3) is 0 Å². The largest absolute Gasteiger partial charge is 0.494 e. The van der Waals surface area contributed by atoms with Crippen LogP contribution in [-0.2, 0) is 16.8 Å². The highest BCUT2D eigenvalue weighted by molar-refractivity contribution is 6.91. The summed E-state index contributed by atoms with van der Waals surface area (Å²) in [4.78, 5) is 25.0. The molecule has 4 aromatic carbocycles. The molecule has 0 fully saturated rings. The van der Waals surface area contributed by atoms with Crippen LogP contribution in [0.25, 0.3) is 0 Å². The molecular formula is C50H86O8Si7. The molecule has 0 aliphatic rings. The van der Waals surface area contributed by atoms with Gasteiger partial charge in [-0.05, 0) is 158 Å². The molecule has 0 saturated carbocycles. The van der Waals surface area contributed by atoms with Crippen molar-refractivity contribution in [3.05, 3.63) is 131 Å². The minimum absolute atomic E-state index is 0. The van der Waals surface area contributed by atoms with E-state index in [1.54, 1.807) is 0 Å². The average molecular weight is 1010 g/mol. The number of hydrogen-bond donors (Lipinski definition) is 0. The summed E-state index contributed by atoms with van der Waals surface area (Å²) in [5.41, 5.74) is 4.09. The topological polar surface area (TPSA) is 89.5 Å². The van der Waals surface area contributed by atoms with Crippen LogP contribution in [0.1, 0.15) is 59.5 Å². The number of carbonyl (C=O) groups is 2. The summed E-state index contributed by atoms with van der Waals surface area (Å²) >= 11 is 0. The molecule has 0 aliphatic carbocycles. The Morgan fingerprint density at radius 3 is 1.26 bits per heavy atom. The molecule has 0 aliphatic heterocycles. The van der Waals surface area contributed by atoms with Crippen molar-refractivity contribution in [1.82, 2.24) is 0 Å². The average Bonchev–Trinajstić information content (AvgIpc) is 3.19. The molecule has 2 atom stereocenters. The Kier molecular flexibility index (Phi) is 25.8. The summed E-state index contributed by atoms with van der Waals surface area (Å²) in [5, 5.41) is 0. The fraction of sp³-hybridized carbons (Fsp3) is 0.480. The molecule has 4 rings (SSSR count). The third kappa shape index (κ3) is 24.2. The highest BCUT2D eigenvalue weighted by Crippen LogP contribution is 2.27. The predicted molar refractivity (Wildman–Crippen MR) is 295 cm³/mol. The first kappa shape index (κ1) is 60.2. The van der Waals surface area contributed by atoms with E-state index >= 15 is 0 Å². The molecule has 0 N–H and O–H groups in total. The third-order valence-electron chi connectivity index (χ3n) is 9.65. The number of ketones is 2. The lowest BCUT2D eigenvalue weighted by Crippen LogP contribution is -2.51. The van der Waals surface area contributed by atoms with Gasteiger partial charge in [0.2, 0.25) is 0 Å². The van der Waals surface area contributed by atoms with E-state index in [0.717, 1.165) is 36.4 Å². The van der Waals surface area contributed by atoms with Gasteiger partial charge in [-0.15, -0.1) is 0 Å². The van der Waals surface area contributed by atoms with Crippen LogP contribution in [0.15, 0.2) is 109 Å². The van der Waals surface area contributed by atoms with Crippen LogP contribution in [0.3, 0.4) is 0 Å². The second-order valence-electron chi connectivity index (χ2n) is 20.2. The molecule has 4 aromatic rings. The fourth-order valence-electron chi connectivity index (χ4n) is 7.78. The predicted octanol–water partition coefficient (Wildman–Crippen LogP) is 13.8. The molecule has 2 unspecified atom stereocenters. The molecule has 0 saturated heterocycles. The summed E-state index contributed by atoms with van der Waals surface area (Å²) in [7, 11) is -10.8. The van der Waals surface area contributed by atoms with E-state index in [0.29, 0.717) is 41.7 Å². The van der Waals surface area contributed by atoms with Gasteiger partial charge in [0.05, 0.1) is 19.4 Å². The molecule has 0 spiro atoms. The minimum Gasteiger partial charge on any atom is -0.494 e. The van der Waals surface area contributed by atoms with Crippen LogP contribution in [0.5, 0.6) is 11.5 Å². The molecule has 362 valence electrons. The van der Waals surface area contributed by atoms with Gasteiger partial charge in [-0.1, -0.05) is 88.6 Å². The lowest BCUT2D eigenvalue weighted by atomic mass is 10.0. The normalized spacial score (nSPS) is 13.6. The molecule has 0 amide bonds. The van der Waals surface area contributed by atoms with E-state index in [1.165, 1.54) is 5.67 Å². The zero-order chi connectivity index (χ0) is 46.9. The standard InChI is InChI=1S/C25H42O5Si4.C23H36O3Si3.2CH4/c1-31(2)29-34(8,28-21-33(6,7)30-32(3,4)5)20-12-19-27-24-17-15-23(16-18-24)25(26)22-13-10-9-11-14-22;1-27(2)19-29(6,26-28(3,4)5)18-10-17-25-22-15-13-21(14-16-22)23(24)20-11-8-7-9-12-20;;/h9-11,13-18,31H,12,19-21H2,1-8H3;7-9,11-16,27H,10,17-19H2,1-6H3;2*1H4. The second kappa shape index (κ2) is 27.9. The molecule has 0 heterocycles. The highest BCUT2D eigenvalue weighted by atomic mass is 28.4. The highest BCUT2D eigenvalue weighted by Gasteiger charge is 2.38. The quantitative estimate of drug-likeness (QED) is 0.0368. The Morgan fingerprint density at radius 2 is 0.892 bits per heavy atom. The first-order chi connectivity index (χ1) is 29.4. The van der Waals surface area contributed by atoms with Crippen molar-refractivity contribution < 1.29 is 35.8 Å². The van der Waals surface area contributed by atoms with Gasteiger partial charge in [0, 0.05) is 31.1 Å².